The third kappa shape index (κ3) is 3.87. The number of aromatic amines is 1. The summed E-state index contributed by atoms with van der Waals surface area (Å²) in [6.45, 7) is 2.05. The maximum atomic E-state index is 12.4. The first-order valence-corrected chi connectivity index (χ1v) is 10.6. The molecule has 1 atom stereocenters. The van der Waals surface area contributed by atoms with Gasteiger partial charge in [-0.15, -0.1) is 0 Å². The standard InChI is InChI=1S/C24H26N4O/c29-24-21-9-2-10-22(21)26-23(27-24)19-7-1-5-18(13-19)16-28-12-4-8-20(28)14-17-6-3-11-25-15-17/h1,3,5-7,11,13,15,20H,2,4,8-10,12,14,16H2,(H,26,27,29). The number of fused-ring (bicyclic) bond motifs is 1. The lowest BCUT2D eigenvalue weighted by Crippen LogP contribution is -2.30. The van der Waals surface area contributed by atoms with Crippen LogP contribution in [0.15, 0.2) is 53.6 Å². The molecule has 5 heteroatoms. The van der Waals surface area contributed by atoms with E-state index in [9.17, 15) is 4.79 Å². The summed E-state index contributed by atoms with van der Waals surface area (Å²) in [5.41, 5.74) is 5.45. The first kappa shape index (κ1) is 18.3. The third-order valence-electron chi connectivity index (χ3n) is 6.22. The number of hydrogen-bond acceptors (Lipinski definition) is 4. The average molecular weight is 386 g/mol. The highest BCUT2D eigenvalue weighted by Gasteiger charge is 2.25. The molecule has 0 radical (unpaired) electrons. The van der Waals surface area contributed by atoms with Crippen LogP contribution < -0.4 is 5.56 Å². The summed E-state index contributed by atoms with van der Waals surface area (Å²) < 4.78 is 0. The molecule has 1 aliphatic heterocycles. The van der Waals surface area contributed by atoms with Gasteiger partial charge in [0.15, 0.2) is 0 Å². The number of likely N-dealkylation sites (tertiary alicyclic amines) is 1. The number of aromatic nitrogens is 3. The maximum Gasteiger partial charge on any atom is 0.254 e. The molecule has 1 N–H and O–H groups in total. The van der Waals surface area contributed by atoms with Gasteiger partial charge in [0.25, 0.3) is 5.56 Å². The van der Waals surface area contributed by atoms with E-state index in [1.165, 1.54) is 24.0 Å². The second-order valence-electron chi connectivity index (χ2n) is 8.23. The van der Waals surface area contributed by atoms with Crippen molar-refractivity contribution in [2.75, 3.05) is 6.54 Å². The van der Waals surface area contributed by atoms with Crippen molar-refractivity contribution in [3.63, 3.8) is 0 Å². The van der Waals surface area contributed by atoms with Gasteiger partial charge in [-0.2, -0.15) is 0 Å². The summed E-state index contributed by atoms with van der Waals surface area (Å²) in [7, 11) is 0. The van der Waals surface area contributed by atoms with E-state index in [4.69, 9.17) is 4.98 Å². The molecule has 3 heterocycles. The molecule has 1 fully saturated rings. The number of hydrogen-bond donors (Lipinski definition) is 1. The predicted molar refractivity (Wildman–Crippen MR) is 114 cm³/mol. The van der Waals surface area contributed by atoms with Crippen molar-refractivity contribution < 1.29 is 0 Å². The maximum absolute atomic E-state index is 12.4. The molecule has 1 aliphatic carbocycles. The molecule has 1 unspecified atom stereocenters. The quantitative estimate of drug-likeness (QED) is 0.729. The topological polar surface area (TPSA) is 61.9 Å². The van der Waals surface area contributed by atoms with Crippen molar-refractivity contribution in [3.05, 3.63) is 81.5 Å². The Morgan fingerprint density at radius 2 is 2.03 bits per heavy atom. The van der Waals surface area contributed by atoms with E-state index in [1.54, 1.807) is 0 Å². The smallest absolute Gasteiger partial charge is 0.254 e. The molecule has 2 aliphatic rings. The molecular formula is C24H26N4O. The molecular weight excluding hydrogens is 360 g/mol. The molecule has 1 aromatic carbocycles. The van der Waals surface area contributed by atoms with Crippen LogP contribution in [0.25, 0.3) is 11.4 Å². The number of pyridine rings is 1. The van der Waals surface area contributed by atoms with Gasteiger partial charge >= 0.3 is 0 Å². The van der Waals surface area contributed by atoms with Crippen molar-refractivity contribution in [2.45, 2.75) is 51.1 Å². The normalized spacial score (nSPS) is 18.8. The lowest BCUT2D eigenvalue weighted by molar-refractivity contribution is 0.244. The van der Waals surface area contributed by atoms with Crippen molar-refractivity contribution >= 4 is 0 Å². The molecule has 0 spiro atoms. The van der Waals surface area contributed by atoms with E-state index in [-0.39, 0.29) is 5.56 Å². The van der Waals surface area contributed by atoms with Crippen molar-refractivity contribution in [1.82, 2.24) is 19.9 Å². The van der Waals surface area contributed by atoms with Gasteiger partial charge in [0.05, 0.1) is 5.69 Å². The Labute approximate surface area is 170 Å². The number of benzene rings is 1. The second kappa shape index (κ2) is 7.91. The molecule has 0 saturated carbocycles. The monoisotopic (exact) mass is 386 g/mol. The number of H-pyrrole nitrogens is 1. The van der Waals surface area contributed by atoms with Gasteiger partial charge in [-0.05, 0) is 68.3 Å². The minimum absolute atomic E-state index is 0.0315. The van der Waals surface area contributed by atoms with Crippen LogP contribution in [0.4, 0.5) is 0 Å². The molecule has 5 nitrogen and oxygen atoms in total. The third-order valence-corrected chi connectivity index (χ3v) is 6.22. The van der Waals surface area contributed by atoms with Gasteiger partial charge in [-0.25, -0.2) is 4.98 Å². The number of nitrogens with one attached hydrogen (secondary N) is 1. The van der Waals surface area contributed by atoms with Crippen LogP contribution in [-0.4, -0.2) is 32.4 Å². The van der Waals surface area contributed by atoms with Crippen LogP contribution in [0.3, 0.4) is 0 Å². The second-order valence-corrected chi connectivity index (χ2v) is 8.23. The Bertz CT molecular complexity index is 1060. The van der Waals surface area contributed by atoms with Crippen LogP contribution in [0.2, 0.25) is 0 Å². The van der Waals surface area contributed by atoms with Crippen LogP contribution in [-0.2, 0) is 25.8 Å². The van der Waals surface area contributed by atoms with E-state index in [0.29, 0.717) is 11.9 Å². The zero-order valence-electron chi connectivity index (χ0n) is 16.6. The van der Waals surface area contributed by atoms with Gasteiger partial charge in [-0.3, -0.25) is 14.7 Å². The van der Waals surface area contributed by atoms with Crippen molar-refractivity contribution in [3.8, 4) is 11.4 Å². The molecule has 148 valence electrons. The zero-order chi connectivity index (χ0) is 19.6. The fourth-order valence-corrected chi connectivity index (χ4v) is 4.76. The van der Waals surface area contributed by atoms with E-state index in [0.717, 1.165) is 55.6 Å². The molecule has 3 aromatic rings. The van der Waals surface area contributed by atoms with Crippen LogP contribution >= 0.6 is 0 Å². The van der Waals surface area contributed by atoms with Crippen LogP contribution in [0.5, 0.6) is 0 Å². The van der Waals surface area contributed by atoms with Gasteiger partial charge < -0.3 is 4.98 Å². The highest BCUT2D eigenvalue weighted by atomic mass is 16.1. The van der Waals surface area contributed by atoms with E-state index < -0.39 is 0 Å². The predicted octanol–water partition coefficient (Wildman–Crippen LogP) is 3.53. The number of rotatable bonds is 5. The number of nitrogens with zero attached hydrogens (tertiary/aromatic N) is 3. The summed E-state index contributed by atoms with van der Waals surface area (Å²) in [6, 6.07) is 13.2. The summed E-state index contributed by atoms with van der Waals surface area (Å²) in [4.78, 5) is 27.0. The molecule has 2 aromatic heterocycles. The average Bonchev–Trinajstić information content (AvgIpc) is 3.39. The first-order chi connectivity index (χ1) is 14.3. The summed E-state index contributed by atoms with van der Waals surface area (Å²) in [5, 5.41) is 0. The fraction of sp³-hybridized carbons (Fsp3) is 0.375. The molecule has 29 heavy (non-hydrogen) atoms. The molecule has 0 bridgehead atoms. The Hall–Kier alpha value is -2.79. The minimum Gasteiger partial charge on any atom is -0.306 e. The van der Waals surface area contributed by atoms with Crippen LogP contribution in [0, 0.1) is 0 Å². The minimum atomic E-state index is 0.0315. The Kier molecular flexibility index (Phi) is 4.98. The fourth-order valence-electron chi connectivity index (χ4n) is 4.76. The highest BCUT2D eigenvalue weighted by molar-refractivity contribution is 5.56. The van der Waals surface area contributed by atoms with Gasteiger partial charge in [0, 0.05) is 36.1 Å². The largest absolute Gasteiger partial charge is 0.306 e. The van der Waals surface area contributed by atoms with Crippen molar-refractivity contribution in [1.29, 1.82) is 0 Å². The van der Waals surface area contributed by atoms with E-state index in [1.807, 2.05) is 24.5 Å². The van der Waals surface area contributed by atoms with E-state index >= 15 is 0 Å². The molecule has 5 rings (SSSR count). The highest BCUT2D eigenvalue weighted by Crippen LogP contribution is 2.25. The Morgan fingerprint density at radius 3 is 2.93 bits per heavy atom. The van der Waals surface area contributed by atoms with Gasteiger partial charge in [0.1, 0.15) is 5.82 Å². The molecule has 0 amide bonds. The summed E-state index contributed by atoms with van der Waals surface area (Å²) >= 11 is 0. The zero-order valence-corrected chi connectivity index (χ0v) is 16.6. The SMILES string of the molecule is O=c1[nH]c(-c2cccc(CN3CCCC3Cc3cccnc3)c2)nc2c1CCC2. The van der Waals surface area contributed by atoms with Crippen molar-refractivity contribution in [2.24, 2.45) is 0 Å². The Balaban J connectivity index is 1.35. The van der Waals surface area contributed by atoms with E-state index in [2.05, 4.69) is 39.1 Å². The summed E-state index contributed by atoms with van der Waals surface area (Å²) in [5.74, 6) is 0.700. The lowest BCUT2D eigenvalue weighted by Gasteiger charge is -2.24. The van der Waals surface area contributed by atoms with Gasteiger partial charge in [-0.1, -0.05) is 24.3 Å². The lowest BCUT2D eigenvalue weighted by atomic mass is 10.0. The first-order valence-electron chi connectivity index (χ1n) is 10.6. The Morgan fingerprint density at radius 1 is 1.10 bits per heavy atom. The summed E-state index contributed by atoms with van der Waals surface area (Å²) in [6.07, 6.45) is 10.1. The van der Waals surface area contributed by atoms with Gasteiger partial charge in [0.2, 0.25) is 0 Å². The van der Waals surface area contributed by atoms with Crippen LogP contribution in [0.1, 0.15) is 41.6 Å². The molecule has 1 saturated heterocycles. The number of aryl methyl sites for hydroxylation is 1.